The van der Waals surface area contributed by atoms with Crippen molar-refractivity contribution in [1.29, 1.82) is 0 Å². The quantitative estimate of drug-likeness (QED) is 0.487. The number of hydrogen-bond acceptors (Lipinski definition) is 8. The Hall–Kier alpha value is -2.36. The lowest BCUT2D eigenvalue weighted by atomic mass is 10.5. The van der Waals surface area contributed by atoms with E-state index in [1.54, 1.807) is 11.6 Å². The summed E-state index contributed by atoms with van der Waals surface area (Å²) in [6.07, 6.45) is 2.83. The molecule has 0 atom stereocenters. The van der Waals surface area contributed by atoms with Gasteiger partial charge in [0, 0.05) is 7.05 Å². The molecule has 2 aromatic rings. The van der Waals surface area contributed by atoms with Crippen LogP contribution in [0, 0.1) is 10.1 Å². The second kappa shape index (κ2) is 4.39. The molecule has 9 nitrogen and oxygen atoms in total. The van der Waals surface area contributed by atoms with E-state index in [2.05, 4.69) is 25.6 Å². The zero-order valence-electron chi connectivity index (χ0n) is 9.82. The Kier molecular flexibility index (Phi) is 2.71. The summed E-state index contributed by atoms with van der Waals surface area (Å²) in [5.74, 6) is 0.521. The van der Waals surface area contributed by atoms with Gasteiger partial charge in [-0.15, -0.1) is 0 Å². The summed E-state index contributed by atoms with van der Waals surface area (Å²) in [7, 11) is 1.70. The predicted octanol–water partition coefficient (Wildman–Crippen LogP) is 1.06. The predicted molar refractivity (Wildman–Crippen MR) is 68.1 cm³/mol. The molecule has 3 rings (SSSR count). The first-order valence-corrected chi connectivity index (χ1v) is 6.15. The van der Waals surface area contributed by atoms with E-state index in [1.165, 1.54) is 24.4 Å². The Morgan fingerprint density at radius 3 is 3.05 bits per heavy atom. The topological polar surface area (TPSA) is 111 Å². The molecule has 98 valence electrons. The van der Waals surface area contributed by atoms with Crippen LogP contribution in [0.3, 0.4) is 0 Å². The number of nitrogens with zero attached hydrogens (tertiary/aromatic N) is 5. The van der Waals surface area contributed by atoms with Gasteiger partial charge in [-0.1, -0.05) is 0 Å². The average Bonchev–Trinajstić information content (AvgIpc) is 2.97. The molecule has 3 heterocycles. The second-order valence-corrected chi connectivity index (χ2v) is 4.75. The van der Waals surface area contributed by atoms with E-state index < -0.39 is 4.92 Å². The lowest BCUT2D eigenvalue weighted by molar-refractivity contribution is -0.392. The first kappa shape index (κ1) is 11.7. The van der Waals surface area contributed by atoms with Crippen LogP contribution in [0.25, 0.3) is 0 Å². The Balaban J connectivity index is 2.01. The van der Waals surface area contributed by atoms with E-state index in [0.717, 1.165) is 5.69 Å². The lowest BCUT2D eigenvalue weighted by Gasteiger charge is -2.05. The number of nitro groups is 1. The molecule has 0 bridgehead atoms. The van der Waals surface area contributed by atoms with Crippen LogP contribution in [0.1, 0.15) is 0 Å². The van der Waals surface area contributed by atoms with Crippen molar-refractivity contribution in [2.45, 2.75) is 10.1 Å². The summed E-state index contributed by atoms with van der Waals surface area (Å²) in [4.78, 5) is 22.4. The van der Waals surface area contributed by atoms with Crippen molar-refractivity contribution < 1.29 is 4.92 Å². The first-order chi connectivity index (χ1) is 9.16. The van der Waals surface area contributed by atoms with Crippen LogP contribution in [-0.4, -0.2) is 31.1 Å². The van der Waals surface area contributed by atoms with E-state index in [-0.39, 0.29) is 5.82 Å². The minimum atomic E-state index is -0.505. The number of nitrogens with one attached hydrogen (secondary N) is 2. The summed E-state index contributed by atoms with van der Waals surface area (Å²) < 4.78 is 1.60. The highest BCUT2D eigenvalue weighted by Crippen LogP contribution is 2.39. The molecular formula is C9H9N7O2S. The molecule has 0 fully saturated rings. The Morgan fingerprint density at radius 2 is 2.26 bits per heavy atom. The van der Waals surface area contributed by atoms with E-state index in [9.17, 15) is 10.1 Å². The molecule has 0 unspecified atom stereocenters. The summed E-state index contributed by atoms with van der Waals surface area (Å²) in [6.45, 7) is 0.565. The Labute approximate surface area is 111 Å². The molecular weight excluding hydrogens is 270 g/mol. The van der Waals surface area contributed by atoms with Crippen molar-refractivity contribution in [3.63, 3.8) is 0 Å². The molecule has 19 heavy (non-hydrogen) atoms. The van der Waals surface area contributed by atoms with Crippen molar-refractivity contribution in [3.8, 4) is 0 Å². The number of imidazole rings is 1. The smallest absolute Gasteiger partial charge is 0.363 e. The van der Waals surface area contributed by atoms with Gasteiger partial charge >= 0.3 is 5.82 Å². The van der Waals surface area contributed by atoms with Crippen molar-refractivity contribution in [2.75, 3.05) is 17.3 Å². The largest absolute Gasteiger partial charge is 0.396 e. The van der Waals surface area contributed by atoms with Gasteiger partial charge in [0.05, 0.1) is 6.67 Å². The fourth-order valence-corrected chi connectivity index (χ4v) is 2.66. The summed E-state index contributed by atoms with van der Waals surface area (Å²) >= 11 is 1.19. The van der Waals surface area contributed by atoms with Gasteiger partial charge in [-0.3, -0.25) is 0 Å². The van der Waals surface area contributed by atoms with Crippen molar-refractivity contribution in [2.24, 2.45) is 7.05 Å². The standard InChI is InChI=1S/C9H9N7O2S/c1-15-4-14-7(16(17)18)9(15)19-8-5-6(11-2-10-5)12-3-13-8/h3-4,10H,2H2,1H3,(H,11,12,13). The van der Waals surface area contributed by atoms with Crippen LogP contribution in [0.5, 0.6) is 0 Å². The average molecular weight is 279 g/mol. The first-order valence-electron chi connectivity index (χ1n) is 5.33. The molecule has 0 saturated carbocycles. The number of aryl methyl sites for hydroxylation is 1. The van der Waals surface area contributed by atoms with Crippen LogP contribution in [0.15, 0.2) is 22.7 Å². The molecule has 1 aliphatic rings. The van der Waals surface area contributed by atoms with Gasteiger partial charge in [-0.2, -0.15) is 0 Å². The molecule has 2 N–H and O–H groups in total. The zero-order valence-corrected chi connectivity index (χ0v) is 10.6. The van der Waals surface area contributed by atoms with E-state index in [0.29, 0.717) is 22.5 Å². The molecule has 0 spiro atoms. The molecule has 0 aromatic carbocycles. The van der Waals surface area contributed by atoms with Gasteiger partial charge in [0.25, 0.3) is 0 Å². The molecule has 1 aliphatic heterocycles. The molecule has 0 saturated heterocycles. The van der Waals surface area contributed by atoms with E-state index in [4.69, 9.17) is 0 Å². The normalized spacial score (nSPS) is 12.7. The van der Waals surface area contributed by atoms with Crippen molar-refractivity contribution >= 4 is 29.1 Å². The third-order valence-electron chi connectivity index (χ3n) is 2.56. The zero-order chi connectivity index (χ0) is 13.4. The summed E-state index contributed by atoms with van der Waals surface area (Å²) in [5, 5.41) is 18.1. The number of aromatic nitrogens is 4. The van der Waals surface area contributed by atoms with Crippen LogP contribution in [-0.2, 0) is 7.05 Å². The van der Waals surface area contributed by atoms with Crippen LogP contribution >= 0.6 is 11.8 Å². The molecule has 0 amide bonds. The van der Waals surface area contributed by atoms with Gasteiger partial charge in [0.15, 0.2) is 10.8 Å². The maximum absolute atomic E-state index is 10.9. The molecule has 0 radical (unpaired) electrons. The monoisotopic (exact) mass is 279 g/mol. The minimum absolute atomic E-state index is 0.175. The highest BCUT2D eigenvalue weighted by Gasteiger charge is 2.24. The van der Waals surface area contributed by atoms with Gasteiger partial charge in [0.1, 0.15) is 17.0 Å². The Morgan fingerprint density at radius 1 is 1.42 bits per heavy atom. The minimum Gasteiger partial charge on any atom is -0.363 e. The maximum Gasteiger partial charge on any atom is 0.396 e. The number of hydrogen-bond donors (Lipinski definition) is 2. The van der Waals surface area contributed by atoms with Gasteiger partial charge in [0.2, 0.25) is 6.33 Å². The molecule has 2 aromatic heterocycles. The van der Waals surface area contributed by atoms with E-state index in [1.807, 2.05) is 0 Å². The Bertz CT molecular complexity index is 656. The van der Waals surface area contributed by atoms with Gasteiger partial charge < -0.3 is 25.3 Å². The second-order valence-electron chi connectivity index (χ2n) is 3.78. The fourth-order valence-electron chi connectivity index (χ4n) is 1.70. The number of anilines is 2. The molecule has 10 heteroatoms. The highest BCUT2D eigenvalue weighted by atomic mass is 32.2. The van der Waals surface area contributed by atoms with Crippen LogP contribution in [0.2, 0.25) is 0 Å². The van der Waals surface area contributed by atoms with Gasteiger partial charge in [-0.05, 0) is 21.7 Å². The SMILES string of the molecule is Cn1cnc([N+](=O)[O-])c1Sc1ncnc2c1NCN2. The molecule has 0 aliphatic carbocycles. The van der Waals surface area contributed by atoms with E-state index >= 15 is 0 Å². The third-order valence-corrected chi connectivity index (χ3v) is 3.73. The van der Waals surface area contributed by atoms with Crippen molar-refractivity contribution in [1.82, 2.24) is 19.5 Å². The third kappa shape index (κ3) is 1.95. The highest BCUT2D eigenvalue weighted by molar-refractivity contribution is 7.99. The van der Waals surface area contributed by atoms with Crippen molar-refractivity contribution in [3.05, 3.63) is 22.8 Å². The lowest BCUT2D eigenvalue weighted by Crippen LogP contribution is -2.00. The maximum atomic E-state index is 10.9. The fraction of sp³-hybridized carbons (Fsp3) is 0.222. The van der Waals surface area contributed by atoms with Crippen LogP contribution < -0.4 is 10.6 Å². The summed E-state index contributed by atoms with van der Waals surface area (Å²) in [6, 6.07) is 0. The summed E-state index contributed by atoms with van der Waals surface area (Å²) in [5.41, 5.74) is 0.753. The van der Waals surface area contributed by atoms with Gasteiger partial charge in [-0.25, -0.2) is 9.97 Å². The number of fused-ring (bicyclic) bond motifs is 1. The van der Waals surface area contributed by atoms with Crippen LogP contribution in [0.4, 0.5) is 17.3 Å². The number of rotatable bonds is 3.